The molecule has 0 amide bonds. The van der Waals surface area contributed by atoms with E-state index in [4.69, 9.17) is 41.3 Å². The molecule has 0 aliphatic rings. The maximum atomic E-state index is 12.0. The largest absolute Gasteiger partial charge is 0.345 e. The molecule has 0 aromatic heterocycles. The zero-order valence-electron chi connectivity index (χ0n) is 12.1. The van der Waals surface area contributed by atoms with Crippen LogP contribution in [0.2, 0.25) is 0 Å². The average molecular weight is 371 g/mol. The molecule has 0 aromatic rings. The minimum Gasteiger partial charge on any atom is -0.305 e. The highest BCUT2D eigenvalue weighted by Crippen LogP contribution is 2.52. The van der Waals surface area contributed by atoms with Crippen LogP contribution in [0.4, 0.5) is 0 Å². The van der Waals surface area contributed by atoms with E-state index < -0.39 is 15.2 Å². The van der Waals surface area contributed by atoms with E-state index in [1.54, 1.807) is 27.7 Å². The quantitative estimate of drug-likeness (QED) is 0.299. The minimum absolute atomic E-state index is 0.0843. The number of halogens is 2. The number of hydrogen-bond donors (Lipinski definition) is 0. The fourth-order valence-electron chi connectivity index (χ4n) is 1.18. The summed E-state index contributed by atoms with van der Waals surface area (Å²) in [7, 11) is -6.70. The van der Waals surface area contributed by atoms with E-state index in [1.165, 1.54) is 0 Å². The molecule has 2 unspecified atom stereocenters. The summed E-state index contributed by atoms with van der Waals surface area (Å²) in [6, 6.07) is 0. The summed E-state index contributed by atoms with van der Waals surface area (Å²) in [6.45, 7) is 6.71. The van der Waals surface area contributed by atoms with E-state index in [1.807, 2.05) is 0 Å². The van der Waals surface area contributed by atoms with Gasteiger partial charge in [-0.25, -0.2) is 0 Å². The van der Waals surface area contributed by atoms with Crippen LogP contribution in [0.5, 0.6) is 0 Å². The first kappa shape index (κ1) is 20.9. The van der Waals surface area contributed by atoms with Crippen molar-refractivity contribution in [2.75, 3.05) is 24.5 Å². The van der Waals surface area contributed by atoms with Gasteiger partial charge in [0.15, 0.2) is 0 Å². The Kier molecular flexibility index (Phi) is 10.2. The van der Waals surface area contributed by atoms with Crippen LogP contribution >= 0.6 is 38.4 Å². The molecule has 0 spiro atoms. The van der Waals surface area contributed by atoms with Crippen molar-refractivity contribution in [1.29, 1.82) is 0 Å². The van der Waals surface area contributed by atoms with Crippen molar-refractivity contribution >= 4 is 38.4 Å². The summed E-state index contributed by atoms with van der Waals surface area (Å²) in [4.78, 5) is 0. The van der Waals surface area contributed by atoms with Crippen LogP contribution in [-0.2, 0) is 27.2 Å². The van der Waals surface area contributed by atoms with Crippen molar-refractivity contribution in [3.63, 3.8) is 0 Å². The molecule has 0 aliphatic heterocycles. The van der Waals surface area contributed by atoms with E-state index in [0.29, 0.717) is 0 Å². The van der Waals surface area contributed by atoms with E-state index in [-0.39, 0.29) is 36.7 Å². The molecule has 0 radical (unpaired) electrons. The zero-order chi connectivity index (χ0) is 15.8. The number of alkyl halides is 2. The molecule has 6 nitrogen and oxygen atoms in total. The second kappa shape index (κ2) is 9.81. The summed E-state index contributed by atoms with van der Waals surface area (Å²) in [6.07, 6.45) is -0.558. The molecule has 2 atom stereocenters. The number of rotatable bonds is 11. The normalized spacial score (nSPS) is 18.2. The topological polar surface area (TPSA) is 71.1 Å². The fraction of sp³-hybridized carbons (Fsp3) is 1.00. The van der Waals surface area contributed by atoms with Crippen LogP contribution in [0.15, 0.2) is 0 Å². The van der Waals surface area contributed by atoms with Gasteiger partial charge in [-0.15, -0.1) is 23.2 Å². The molecule has 0 rings (SSSR count). The van der Waals surface area contributed by atoms with Crippen LogP contribution in [0.1, 0.15) is 27.7 Å². The monoisotopic (exact) mass is 370 g/mol. The van der Waals surface area contributed by atoms with Crippen molar-refractivity contribution in [2.24, 2.45) is 0 Å². The van der Waals surface area contributed by atoms with Gasteiger partial charge in [-0.1, -0.05) is 0 Å². The van der Waals surface area contributed by atoms with E-state index in [0.717, 1.165) is 0 Å². The molecule has 0 heterocycles. The van der Waals surface area contributed by atoms with Gasteiger partial charge in [-0.3, -0.25) is 9.13 Å². The Morgan fingerprint density at radius 1 is 0.800 bits per heavy atom. The molecule has 20 heavy (non-hydrogen) atoms. The van der Waals surface area contributed by atoms with Gasteiger partial charge in [0.05, 0.1) is 25.4 Å². The molecule has 0 saturated heterocycles. The van der Waals surface area contributed by atoms with Crippen LogP contribution in [-0.4, -0.2) is 36.7 Å². The third kappa shape index (κ3) is 9.01. The molecule has 0 N–H and O–H groups in total. The Balaban J connectivity index is 4.23. The lowest BCUT2D eigenvalue weighted by Gasteiger charge is -2.20. The molecular formula is C10H22Cl2O6P2. The van der Waals surface area contributed by atoms with Gasteiger partial charge in [-0.05, 0) is 27.7 Å². The Morgan fingerprint density at radius 2 is 1.10 bits per heavy atom. The number of hydrogen-bond acceptors (Lipinski definition) is 6. The molecule has 0 aromatic carbocycles. The van der Waals surface area contributed by atoms with Crippen LogP contribution in [0.3, 0.4) is 0 Å². The maximum absolute atomic E-state index is 12.0. The average Bonchev–Trinajstić information content (AvgIpc) is 2.33. The summed E-state index contributed by atoms with van der Waals surface area (Å²) in [5, 5.41) is 0. The van der Waals surface area contributed by atoms with Crippen LogP contribution < -0.4 is 0 Å². The summed E-state index contributed by atoms with van der Waals surface area (Å²) in [5.41, 5.74) is -0.526. The lowest BCUT2D eigenvalue weighted by atomic mass is 10.5. The second-order valence-corrected chi connectivity index (χ2v) is 9.73. The van der Waals surface area contributed by atoms with Gasteiger partial charge >= 0.3 is 15.2 Å². The maximum Gasteiger partial charge on any atom is 0.345 e. The molecule has 0 fully saturated rings. The van der Waals surface area contributed by atoms with E-state index in [2.05, 4.69) is 0 Å². The smallest absolute Gasteiger partial charge is 0.305 e. The van der Waals surface area contributed by atoms with Gasteiger partial charge in [0.1, 0.15) is 11.2 Å². The fourth-order valence-corrected chi connectivity index (χ4v) is 4.30. The molecule has 0 saturated carbocycles. The lowest BCUT2D eigenvalue weighted by molar-refractivity contribution is 0.128. The van der Waals surface area contributed by atoms with Gasteiger partial charge in [0.25, 0.3) is 0 Å². The molecule has 0 aliphatic carbocycles. The molecule has 122 valence electrons. The van der Waals surface area contributed by atoms with Gasteiger partial charge in [-0.2, -0.15) is 0 Å². The first-order valence-corrected chi connectivity index (χ1v) is 10.6. The van der Waals surface area contributed by atoms with Crippen molar-refractivity contribution in [3.8, 4) is 0 Å². The Hall–Kier alpha value is 0.880. The molecule has 0 bridgehead atoms. The first-order chi connectivity index (χ1) is 9.16. The molecular weight excluding hydrogens is 349 g/mol. The predicted molar refractivity (Wildman–Crippen MR) is 81.0 cm³/mol. The van der Waals surface area contributed by atoms with Gasteiger partial charge < -0.3 is 18.1 Å². The molecule has 10 heteroatoms. The van der Waals surface area contributed by atoms with Crippen molar-refractivity contribution in [1.82, 2.24) is 0 Å². The van der Waals surface area contributed by atoms with Crippen LogP contribution in [0.25, 0.3) is 0 Å². The third-order valence-electron chi connectivity index (χ3n) is 1.69. The SMILES string of the molecule is CC(C)OP(=O)(CCl)OCCOP(=O)(CCl)OC(C)C. The van der Waals surface area contributed by atoms with Gasteiger partial charge in [0.2, 0.25) is 0 Å². The highest BCUT2D eigenvalue weighted by Gasteiger charge is 2.27. The minimum atomic E-state index is -3.35. The Morgan fingerprint density at radius 3 is 1.30 bits per heavy atom. The standard InChI is InChI=1S/C10H22Cl2O6P2/c1-9(2)17-19(13,7-11)15-5-6-16-20(14,8-12)18-10(3)4/h9-10H,5-8H2,1-4H3. The van der Waals surface area contributed by atoms with Crippen molar-refractivity contribution in [3.05, 3.63) is 0 Å². The van der Waals surface area contributed by atoms with E-state index >= 15 is 0 Å². The van der Waals surface area contributed by atoms with Crippen molar-refractivity contribution in [2.45, 2.75) is 39.9 Å². The second-order valence-electron chi connectivity index (χ2n) is 4.44. The summed E-state index contributed by atoms with van der Waals surface area (Å²) < 4.78 is 44.5. The summed E-state index contributed by atoms with van der Waals surface area (Å²) >= 11 is 11.1. The highest BCUT2D eigenvalue weighted by atomic mass is 35.5. The van der Waals surface area contributed by atoms with Crippen LogP contribution in [0, 0.1) is 0 Å². The third-order valence-corrected chi connectivity index (χ3v) is 6.67. The van der Waals surface area contributed by atoms with Crippen molar-refractivity contribution < 1.29 is 27.2 Å². The highest BCUT2D eigenvalue weighted by molar-refractivity contribution is 7.56. The lowest BCUT2D eigenvalue weighted by Crippen LogP contribution is -2.10. The zero-order valence-corrected chi connectivity index (χ0v) is 15.4. The van der Waals surface area contributed by atoms with Gasteiger partial charge in [0, 0.05) is 0 Å². The Labute approximate surface area is 130 Å². The Bertz CT molecular complexity index is 330. The summed E-state index contributed by atoms with van der Waals surface area (Å²) in [5.74, 6) is 0. The predicted octanol–water partition coefficient (Wildman–Crippen LogP) is 4.65. The van der Waals surface area contributed by atoms with E-state index in [9.17, 15) is 9.13 Å². The first-order valence-electron chi connectivity index (χ1n) is 6.12.